The van der Waals surface area contributed by atoms with Crippen molar-refractivity contribution in [1.82, 2.24) is 9.78 Å². The molecule has 0 amide bonds. The van der Waals surface area contributed by atoms with Gasteiger partial charge in [0, 0.05) is 10.7 Å². The number of ether oxygens (including phenoxy) is 2. The number of carbonyl (C=O) groups excluding carboxylic acids is 2. The average molecular weight is 379 g/mol. The van der Waals surface area contributed by atoms with Crippen molar-refractivity contribution in [3.63, 3.8) is 0 Å². The van der Waals surface area contributed by atoms with Crippen LogP contribution in [-0.4, -0.2) is 34.9 Å². The number of nitrogens with zero attached hydrogens (tertiary/aromatic N) is 2. The number of halogens is 1. The Labute approximate surface area is 158 Å². The Morgan fingerprint density at radius 1 is 1.08 bits per heavy atom. The van der Waals surface area contributed by atoms with E-state index in [1.54, 1.807) is 42.8 Å². The zero-order chi connectivity index (χ0) is 19.3. The molecule has 1 atom stereocenters. The highest BCUT2D eigenvalue weighted by Crippen LogP contribution is 2.31. The molecule has 0 saturated carbocycles. The molecule has 0 radical (unpaired) electrons. The lowest BCUT2D eigenvalue weighted by atomic mass is 9.92. The summed E-state index contributed by atoms with van der Waals surface area (Å²) in [7, 11) is 0. The van der Waals surface area contributed by atoms with E-state index >= 15 is 0 Å². The zero-order valence-corrected chi connectivity index (χ0v) is 16.1. The summed E-state index contributed by atoms with van der Waals surface area (Å²) < 4.78 is 12.0. The summed E-state index contributed by atoms with van der Waals surface area (Å²) in [6.07, 6.45) is 0. The first-order chi connectivity index (χ1) is 12.4. The van der Waals surface area contributed by atoms with E-state index < -0.39 is 23.9 Å². The Morgan fingerprint density at radius 2 is 1.62 bits per heavy atom. The van der Waals surface area contributed by atoms with Crippen molar-refractivity contribution in [3.8, 4) is 0 Å². The molecule has 0 N–H and O–H groups in total. The highest BCUT2D eigenvalue weighted by atomic mass is 35.5. The van der Waals surface area contributed by atoms with Gasteiger partial charge in [-0.2, -0.15) is 5.10 Å². The molecule has 2 aromatic rings. The van der Waals surface area contributed by atoms with Crippen LogP contribution in [0.25, 0.3) is 0 Å². The van der Waals surface area contributed by atoms with E-state index in [-0.39, 0.29) is 13.2 Å². The summed E-state index contributed by atoms with van der Waals surface area (Å²) in [6.45, 7) is 7.45. The summed E-state index contributed by atoms with van der Waals surface area (Å²) in [5.74, 6) is -2.45. The average Bonchev–Trinajstić information content (AvgIpc) is 2.92. The predicted molar refractivity (Wildman–Crippen MR) is 98.0 cm³/mol. The van der Waals surface area contributed by atoms with Gasteiger partial charge >= 0.3 is 11.9 Å². The third kappa shape index (κ3) is 4.43. The van der Waals surface area contributed by atoms with E-state index in [0.717, 1.165) is 11.4 Å². The SMILES string of the molecule is CCOC(=O)C(C(=O)OCC)C(c1ccc(Cl)cc1)n1nc(C)cc1C. The van der Waals surface area contributed by atoms with Crippen LogP contribution in [0.2, 0.25) is 5.02 Å². The maximum absolute atomic E-state index is 12.6. The summed E-state index contributed by atoms with van der Waals surface area (Å²) in [4.78, 5) is 25.3. The van der Waals surface area contributed by atoms with Gasteiger partial charge in [-0.25, -0.2) is 0 Å². The third-order valence-corrected chi connectivity index (χ3v) is 4.17. The molecule has 26 heavy (non-hydrogen) atoms. The van der Waals surface area contributed by atoms with E-state index in [4.69, 9.17) is 21.1 Å². The maximum atomic E-state index is 12.6. The number of esters is 2. The molecule has 140 valence electrons. The molecular formula is C19H23ClN2O4. The lowest BCUT2D eigenvalue weighted by molar-refractivity contribution is -0.163. The first-order valence-electron chi connectivity index (χ1n) is 8.50. The minimum Gasteiger partial charge on any atom is -0.465 e. The Kier molecular flexibility index (Phi) is 6.80. The molecule has 1 heterocycles. The molecule has 1 aromatic carbocycles. The van der Waals surface area contributed by atoms with Crippen LogP contribution < -0.4 is 0 Å². The normalized spacial score (nSPS) is 12.1. The second-order valence-electron chi connectivity index (χ2n) is 5.85. The second-order valence-corrected chi connectivity index (χ2v) is 6.29. The van der Waals surface area contributed by atoms with Crippen LogP contribution in [0.4, 0.5) is 0 Å². The van der Waals surface area contributed by atoms with Crippen molar-refractivity contribution in [1.29, 1.82) is 0 Å². The van der Waals surface area contributed by atoms with Crippen LogP contribution in [-0.2, 0) is 19.1 Å². The van der Waals surface area contributed by atoms with Crippen LogP contribution >= 0.6 is 11.6 Å². The van der Waals surface area contributed by atoms with Crippen LogP contribution in [0.3, 0.4) is 0 Å². The lowest BCUT2D eigenvalue weighted by Gasteiger charge is -2.26. The molecule has 0 saturated heterocycles. The third-order valence-electron chi connectivity index (χ3n) is 3.92. The second kappa shape index (κ2) is 8.85. The number of hydrogen-bond acceptors (Lipinski definition) is 5. The molecule has 0 aliphatic rings. The molecule has 7 heteroatoms. The fourth-order valence-electron chi connectivity index (χ4n) is 2.88. The highest BCUT2D eigenvalue weighted by molar-refractivity contribution is 6.30. The van der Waals surface area contributed by atoms with Crippen molar-refractivity contribution in [2.24, 2.45) is 5.92 Å². The minimum atomic E-state index is -1.17. The van der Waals surface area contributed by atoms with Gasteiger partial charge in [0.1, 0.15) is 6.04 Å². The quantitative estimate of drug-likeness (QED) is 0.545. The monoisotopic (exact) mass is 378 g/mol. The Hall–Kier alpha value is -2.34. The van der Waals surface area contributed by atoms with Gasteiger partial charge < -0.3 is 9.47 Å². The number of aryl methyl sites for hydroxylation is 2. The minimum absolute atomic E-state index is 0.166. The fourth-order valence-corrected chi connectivity index (χ4v) is 3.01. The van der Waals surface area contributed by atoms with Gasteiger partial charge in [0.15, 0.2) is 5.92 Å². The van der Waals surface area contributed by atoms with Crippen molar-refractivity contribution < 1.29 is 19.1 Å². The predicted octanol–water partition coefficient (Wildman–Crippen LogP) is 3.49. The highest BCUT2D eigenvalue weighted by Gasteiger charge is 2.40. The zero-order valence-electron chi connectivity index (χ0n) is 15.4. The van der Waals surface area contributed by atoms with Gasteiger partial charge in [0.2, 0.25) is 0 Å². The molecule has 6 nitrogen and oxygen atoms in total. The number of hydrogen-bond donors (Lipinski definition) is 0. The maximum Gasteiger partial charge on any atom is 0.322 e. The van der Waals surface area contributed by atoms with Crippen molar-refractivity contribution >= 4 is 23.5 Å². The van der Waals surface area contributed by atoms with Crippen molar-refractivity contribution in [2.75, 3.05) is 13.2 Å². The van der Waals surface area contributed by atoms with Gasteiger partial charge in [0.05, 0.1) is 18.9 Å². The number of aromatic nitrogens is 2. The van der Waals surface area contributed by atoms with E-state index in [9.17, 15) is 9.59 Å². The number of benzene rings is 1. The van der Waals surface area contributed by atoms with Gasteiger partial charge in [-0.05, 0) is 51.5 Å². The summed E-state index contributed by atoms with van der Waals surface area (Å²) in [5.41, 5.74) is 2.32. The summed E-state index contributed by atoms with van der Waals surface area (Å²) in [5, 5.41) is 5.04. The number of rotatable bonds is 7. The van der Waals surface area contributed by atoms with Crippen LogP contribution in [0, 0.1) is 19.8 Å². The van der Waals surface area contributed by atoms with E-state index in [2.05, 4.69) is 5.10 Å². The molecule has 0 aliphatic heterocycles. The van der Waals surface area contributed by atoms with Gasteiger partial charge in [-0.15, -0.1) is 0 Å². The van der Waals surface area contributed by atoms with Crippen molar-refractivity contribution in [3.05, 3.63) is 52.3 Å². The molecule has 2 rings (SSSR count). The Morgan fingerprint density at radius 3 is 2.04 bits per heavy atom. The molecule has 0 fully saturated rings. The van der Waals surface area contributed by atoms with Crippen molar-refractivity contribution in [2.45, 2.75) is 33.7 Å². The lowest BCUT2D eigenvalue weighted by Crippen LogP contribution is -2.37. The first-order valence-corrected chi connectivity index (χ1v) is 8.88. The largest absolute Gasteiger partial charge is 0.465 e. The standard InChI is InChI=1S/C19H23ClN2O4/c1-5-25-18(23)16(19(24)26-6-2)17(14-7-9-15(20)10-8-14)22-13(4)11-12(3)21-22/h7-11,16-17H,5-6H2,1-4H3. The van der Waals surface area contributed by atoms with Gasteiger partial charge in [-0.3, -0.25) is 14.3 Å². The topological polar surface area (TPSA) is 70.4 Å². The molecule has 1 aromatic heterocycles. The first kappa shape index (κ1) is 20.0. The van der Waals surface area contributed by atoms with E-state index in [1.807, 2.05) is 19.9 Å². The summed E-state index contributed by atoms with van der Waals surface area (Å²) >= 11 is 6.00. The van der Waals surface area contributed by atoms with Crippen LogP contribution in [0.1, 0.15) is 36.8 Å². The summed E-state index contributed by atoms with van der Waals surface area (Å²) in [6, 6.07) is 8.16. The van der Waals surface area contributed by atoms with Gasteiger partial charge in [0.25, 0.3) is 0 Å². The molecule has 1 unspecified atom stereocenters. The smallest absolute Gasteiger partial charge is 0.322 e. The van der Waals surface area contributed by atoms with Gasteiger partial charge in [-0.1, -0.05) is 23.7 Å². The van der Waals surface area contributed by atoms with Crippen LogP contribution in [0.5, 0.6) is 0 Å². The Balaban J connectivity index is 2.61. The van der Waals surface area contributed by atoms with Crippen LogP contribution in [0.15, 0.2) is 30.3 Å². The van der Waals surface area contributed by atoms with E-state index in [1.165, 1.54) is 0 Å². The van der Waals surface area contributed by atoms with E-state index in [0.29, 0.717) is 10.6 Å². The number of carbonyl (C=O) groups is 2. The fraction of sp³-hybridized carbons (Fsp3) is 0.421. The molecular weight excluding hydrogens is 356 g/mol. The molecule has 0 aliphatic carbocycles. The molecule has 0 spiro atoms. The molecule has 0 bridgehead atoms. The Bertz CT molecular complexity index is 752.